The van der Waals surface area contributed by atoms with Gasteiger partial charge in [0.15, 0.2) is 0 Å². The molecule has 6 heteroatoms. The Labute approximate surface area is 80.9 Å². The van der Waals surface area contributed by atoms with E-state index in [0.29, 0.717) is 31.2 Å². The SMILES string of the molecule is NCCc1nnc(C2CCC(=O)N2)o1. The third-order valence-electron chi connectivity index (χ3n) is 2.13. The van der Waals surface area contributed by atoms with E-state index in [2.05, 4.69) is 15.5 Å². The van der Waals surface area contributed by atoms with Crippen molar-refractivity contribution in [3.63, 3.8) is 0 Å². The molecule has 1 aliphatic rings. The zero-order chi connectivity index (χ0) is 9.97. The van der Waals surface area contributed by atoms with E-state index in [1.54, 1.807) is 0 Å². The Kier molecular flexibility index (Phi) is 2.45. The third kappa shape index (κ3) is 1.74. The average Bonchev–Trinajstić information content (AvgIpc) is 2.74. The van der Waals surface area contributed by atoms with Gasteiger partial charge in [0.2, 0.25) is 17.7 Å². The second-order valence-corrected chi connectivity index (χ2v) is 3.23. The van der Waals surface area contributed by atoms with Crippen molar-refractivity contribution in [1.82, 2.24) is 15.5 Å². The molecule has 2 heterocycles. The highest BCUT2D eigenvalue weighted by Crippen LogP contribution is 2.22. The summed E-state index contributed by atoms with van der Waals surface area (Å²) in [5.74, 6) is 1.05. The zero-order valence-electron chi connectivity index (χ0n) is 7.69. The fourth-order valence-corrected chi connectivity index (χ4v) is 1.43. The normalized spacial score (nSPS) is 21.2. The van der Waals surface area contributed by atoms with Crippen LogP contribution in [0.4, 0.5) is 0 Å². The smallest absolute Gasteiger partial charge is 0.238 e. The van der Waals surface area contributed by atoms with Gasteiger partial charge in [-0.25, -0.2) is 0 Å². The lowest BCUT2D eigenvalue weighted by Crippen LogP contribution is -2.18. The summed E-state index contributed by atoms with van der Waals surface area (Å²) in [5, 5.41) is 10.5. The lowest BCUT2D eigenvalue weighted by Gasteiger charge is -2.01. The molecule has 0 aromatic carbocycles. The van der Waals surface area contributed by atoms with Gasteiger partial charge in [0.05, 0.1) is 0 Å². The summed E-state index contributed by atoms with van der Waals surface area (Å²) < 4.78 is 5.34. The maximum atomic E-state index is 10.9. The molecule has 1 amide bonds. The number of amides is 1. The molecule has 0 spiro atoms. The Morgan fingerprint density at radius 1 is 1.57 bits per heavy atom. The monoisotopic (exact) mass is 196 g/mol. The van der Waals surface area contributed by atoms with Gasteiger partial charge in [-0.05, 0) is 6.42 Å². The first-order valence-electron chi connectivity index (χ1n) is 4.61. The summed E-state index contributed by atoms with van der Waals surface area (Å²) in [6, 6.07) is -0.110. The van der Waals surface area contributed by atoms with E-state index < -0.39 is 0 Å². The first-order valence-corrected chi connectivity index (χ1v) is 4.61. The Bertz CT molecular complexity index is 336. The molecule has 1 aromatic rings. The predicted octanol–water partition coefficient (Wildman–Crippen LogP) is -0.478. The molecule has 1 aliphatic heterocycles. The van der Waals surface area contributed by atoms with Crippen LogP contribution in [0.3, 0.4) is 0 Å². The second-order valence-electron chi connectivity index (χ2n) is 3.23. The lowest BCUT2D eigenvalue weighted by atomic mass is 10.2. The number of nitrogens with zero attached hydrogens (tertiary/aromatic N) is 2. The maximum absolute atomic E-state index is 10.9. The van der Waals surface area contributed by atoms with Crippen molar-refractivity contribution in [2.45, 2.75) is 25.3 Å². The molecule has 1 unspecified atom stereocenters. The molecule has 6 nitrogen and oxygen atoms in total. The van der Waals surface area contributed by atoms with E-state index in [1.165, 1.54) is 0 Å². The predicted molar refractivity (Wildman–Crippen MR) is 47.2 cm³/mol. The highest BCUT2D eigenvalue weighted by atomic mass is 16.4. The number of carbonyl (C=O) groups excluding carboxylic acids is 1. The first-order chi connectivity index (χ1) is 6.79. The van der Waals surface area contributed by atoms with Gasteiger partial charge in [-0.1, -0.05) is 0 Å². The van der Waals surface area contributed by atoms with Crippen molar-refractivity contribution in [1.29, 1.82) is 0 Å². The zero-order valence-corrected chi connectivity index (χ0v) is 7.69. The molecule has 0 bridgehead atoms. The van der Waals surface area contributed by atoms with Gasteiger partial charge in [0.25, 0.3) is 0 Å². The van der Waals surface area contributed by atoms with Gasteiger partial charge in [-0.15, -0.1) is 10.2 Å². The maximum Gasteiger partial charge on any atom is 0.238 e. The molecule has 1 atom stereocenters. The number of carbonyl (C=O) groups is 1. The summed E-state index contributed by atoms with van der Waals surface area (Å²) in [7, 11) is 0. The third-order valence-corrected chi connectivity index (χ3v) is 2.13. The Morgan fingerprint density at radius 2 is 2.43 bits per heavy atom. The van der Waals surface area contributed by atoms with Gasteiger partial charge in [0, 0.05) is 19.4 Å². The van der Waals surface area contributed by atoms with E-state index in [9.17, 15) is 4.79 Å². The largest absolute Gasteiger partial charge is 0.423 e. The van der Waals surface area contributed by atoms with Gasteiger partial charge in [-0.2, -0.15) is 0 Å². The van der Waals surface area contributed by atoms with Crippen LogP contribution in [0, 0.1) is 0 Å². The van der Waals surface area contributed by atoms with Crippen LogP contribution in [0.5, 0.6) is 0 Å². The number of rotatable bonds is 3. The minimum absolute atomic E-state index is 0.0357. The van der Waals surface area contributed by atoms with E-state index in [4.69, 9.17) is 10.2 Å². The Balaban J connectivity index is 2.05. The Hall–Kier alpha value is -1.43. The topological polar surface area (TPSA) is 94.0 Å². The highest BCUT2D eigenvalue weighted by molar-refractivity contribution is 5.78. The van der Waals surface area contributed by atoms with E-state index >= 15 is 0 Å². The quantitative estimate of drug-likeness (QED) is 0.681. The minimum Gasteiger partial charge on any atom is -0.423 e. The molecule has 0 saturated carbocycles. The minimum atomic E-state index is -0.110. The van der Waals surface area contributed by atoms with Crippen molar-refractivity contribution in [2.75, 3.05) is 6.54 Å². The second kappa shape index (κ2) is 3.75. The van der Waals surface area contributed by atoms with Crippen molar-refractivity contribution in [2.24, 2.45) is 5.73 Å². The molecular weight excluding hydrogens is 184 g/mol. The molecular formula is C8H12N4O2. The average molecular weight is 196 g/mol. The van der Waals surface area contributed by atoms with Crippen LogP contribution in [-0.4, -0.2) is 22.6 Å². The van der Waals surface area contributed by atoms with Gasteiger partial charge in [0.1, 0.15) is 6.04 Å². The molecule has 2 rings (SSSR count). The molecule has 1 aromatic heterocycles. The molecule has 0 aliphatic carbocycles. The van der Waals surface area contributed by atoms with Crippen LogP contribution < -0.4 is 11.1 Å². The van der Waals surface area contributed by atoms with Crippen molar-refractivity contribution < 1.29 is 9.21 Å². The van der Waals surface area contributed by atoms with E-state index in [0.717, 1.165) is 6.42 Å². The van der Waals surface area contributed by atoms with Crippen LogP contribution in [0.25, 0.3) is 0 Å². The molecule has 76 valence electrons. The van der Waals surface area contributed by atoms with Crippen molar-refractivity contribution in [3.05, 3.63) is 11.8 Å². The molecule has 1 fully saturated rings. The number of hydrogen-bond donors (Lipinski definition) is 2. The molecule has 14 heavy (non-hydrogen) atoms. The highest BCUT2D eigenvalue weighted by Gasteiger charge is 2.26. The van der Waals surface area contributed by atoms with Gasteiger partial charge in [-0.3, -0.25) is 4.79 Å². The van der Waals surface area contributed by atoms with Gasteiger partial charge >= 0.3 is 0 Å². The standard InChI is InChI=1S/C8H12N4O2/c9-4-3-7-11-12-8(14-7)5-1-2-6(13)10-5/h5H,1-4,9H2,(H,10,13). The first kappa shape index (κ1) is 9.14. The molecule has 0 radical (unpaired) electrons. The summed E-state index contributed by atoms with van der Waals surface area (Å²) in [4.78, 5) is 10.9. The van der Waals surface area contributed by atoms with Crippen molar-refractivity contribution in [3.8, 4) is 0 Å². The fourth-order valence-electron chi connectivity index (χ4n) is 1.43. The summed E-state index contributed by atoms with van der Waals surface area (Å²) >= 11 is 0. The molecule has 1 saturated heterocycles. The number of aromatic nitrogens is 2. The van der Waals surface area contributed by atoms with Gasteiger partial charge < -0.3 is 15.5 Å². The van der Waals surface area contributed by atoms with Crippen LogP contribution in [0.2, 0.25) is 0 Å². The summed E-state index contributed by atoms with van der Waals surface area (Å²) in [6.07, 6.45) is 1.83. The van der Waals surface area contributed by atoms with Crippen LogP contribution in [0.15, 0.2) is 4.42 Å². The van der Waals surface area contributed by atoms with Crippen molar-refractivity contribution >= 4 is 5.91 Å². The number of nitrogens with two attached hydrogens (primary N) is 1. The summed E-state index contributed by atoms with van der Waals surface area (Å²) in [6.45, 7) is 0.485. The fraction of sp³-hybridized carbons (Fsp3) is 0.625. The lowest BCUT2D eigenvalue weighted by molar-refractivity contribution is -0.119. The summed E-state index contributed by atoms with van der Waals surface area (Å²) in [5.41, 5.74) is 5.35. The molecule has 3 N–H and O–H groups in total. The van der Waals surface area contributed by atoms with Crippen LogP contribution >= 0.6 is 0 Å². The number of hydrogen-bond acceptors (Lipinski definition) is 5. The van der Waals surface area contributed by atoms with Crippen LogP contribution in [0.1, 0.15) is 30.7 Å². The van der Waals surface area contributed by atoms with Crippen LogP contribution in [-0.2, 0) is 11.2 Å². The van der Waals surface area contributed by atoms with E-state index in [1.807, 2.05) is 0 Å². The number of nitrogens with one attached hydrogen (secondary N) is 1. The Morgan fingerprint density at radius 3 is 3.07 bits per heavy atom. The van der Waals surface area contributed by atoms with E-state index in [-0.39, 0.29) is 11.9 Å².